The number of hydrogen-bond acceptors (Lipinski definition) is 3. The Hall–Kier alpha value is -2.98. The van der Waals surface area contributed by atoms with Crippen molar-refractivity contribution in [1.29, 1.82) is 0 Å². The first-order chi connectivity index (χ1) is 16.0. The first-order valence-corrected chi connectivity index (χ1v) is 11.1. The van der Waals surface area contributed by atoms with Gasteiger partial charge in [-0.1, -0.05) is 6.07 Å². The van der Waals surface area contributed by atoms with Gasteiger partial charge in [-0.3, -0.25) is 14.3 Å². The summed E-state index contributed by atoms with van der Waals surface area (Å²) < 4.78 is 69.2. The largest absolute Gasteiger partial charge is 0.481 e. The van der Waals surface area contributed by atoms with Crippen molar-refractivity contribution in [3.63, 3.8) is 0 Å². The average molecular weight is 485 g/mol. The van der Waals surface area contributed by atoms with Crippen molar-refractivity contribution in [3.8, 4) is 0 Å². The minimum Gasteiger partial charge on any atom is -0.481 e. The Bertz CT molecular complexity index is 1090. The van der Waals surface area contributed by atoms with Gasteiger partial charge in [0.25, 0.3) is 0 Å². The Morgan fingerprint density at radius 2 is 1.82 bits per heavy atom. The van der Waals surface area contributed by atoms with Gasteiger partial charge in [-0.25, -0.2) is 8.78 Å². The number of amides is 1. The summed E-state index contributed by atoms with van der Waals surface area (Å²) in [7, 11) is 0. The number of hydrogen-bond donors (Lipinski definition) is 1. The van der Waals surface area contributed by atoms with Crippen LogP contribution in [0.1, 0.15) is 54.6 Å². The molecule has 1 aromatic heterocycles. The van der Waals surface area contributed by atoms with Gasteiger partial charge in [0, 0.05) is 30.2 Å². The molecule has 0 bridgehead atoms. The predicted octanol–water partition coefficient (Wildman–Crippen LogP) is 4.39. The zero-order valence-corrected chi connectivity index (χ0v) is 18.2. The van der Waals surface area contributed by atoms with E-state index in [1.54, 1.807) is 0 Å². The molecule has 1 aromatic carbocycles. The van der Waals surface area contributed by atoms with Gasteiger partial charge >= 0.3 is 12.1 Å². The van der Waals surface area contributed by atoms with Gasteiger partial charge in [0.15, 0.2) is 5.69 Å². The molecule has 2 heterocycles. The number of carboxylic acid groups (broad SMARTS) is 1. The predicted molar refractivity (Wildman–Crippen MR) is 110 cm³/mol. The van der Waals surface area contributed by atoms with Crippen molar-refractivity contribution in [1.82, 2.24) is 14.7 Å². The Kier molecular flexibility index (Phi) is 6.64. The molecule has 1 aliphatic heterocycles. The summed E-state index contributed by atoms with van der Waals surface area (Å²) in [5.74, 6) is -3.09. The maximum Gasteiger partial charge on any atom is 0.435 e. The molecule has 0 atom stereocenters. The van der Waals surface area contributed by atoms with E-state index in [0.717, 1.165) is 16.8 Å². The Labute approximate surface area is 192 Å². The van der Waals surface area contributed by atoms with Crippen LogP contribution in [0.3, 0.4) is 0 Å². The number of carbonyl (C=O) groups is 2. The van der Waals surface area contributed by atoms with Gasteiger partial charge in [0.2, 0.25) is 5.91 Å². The van der Waals surface area contributed by atoms with Gasteiger partial charge in [0.05, 0.1) is 24.7 Å². The summed E-state index contributed by atoms with van der Waals surface area (Å²) >= 11 is 0. The number of fused-ring (bicyclic) bond motifs is 1. The highest BCUT2D eigenvalue weighted by molar-refractivity contribution is 5.77. The lowest BCUT2D eigenvalue weighted by Gasteiger charge is -2.31. The lowest BCUT2D eigenvalue weighted by molar-refractivity contribution is -0.143. The molecule has 0 unspecified atom stereocenters. The molecule has 0 spiro atoms. The number of benzene rings is 1. The zero-order chi connectivity index (χ0) is 24.6. The number of halogens is 5. The standard InChI is InChI=1S/C23H24F5N3O3/c24-16-6-5-15(18(25)10-16)11-31-19-12-30(8-7-17(19)21(29-31)23(26,27)28)20(32)9-13-1-3-14(4-2-13)22(33)34/h5-6,10,13-14H,1-4,7-9,11-12H2,(H,33,34)/t13-,14+. The molecule has 1 fully saturated rings. The number of aliphatic carboxylic acids is 1. The molecule has 1 saturated carbocycles. The third kappa shape index (κ3) is 5.07. The molecule has 2 aliphatic rings. The molecule has 0 saturated heterocycles. The van der Waals surface area contributed by atoms with Crippen LogP contribution in [0.25, 0.3) is 0 Å². The minimum atomic E-state index is -4.70. The molecular weight excluding hydrogens is 461 g/mol. The second-order valence-corrected chi connectivity index (χ2v) is 8.99. The summed E-state index contributed by atoms with van der Waals surface area (Å²) in [6.07, 6.45) is -2.30. The number of carbonyl (C=O) groups excluding carboxylic acids is 1. The van der Waals surface area contributed by atoms with E-state index in [-0.39, 0.29) is 61.1 Å². The highest BCUT2D eigenvalue weighted by Crippen LogP contribution is 2.36. The van der Waals surface area contributed by atoms with E-state index in [0.29, 0.717) is 31.7 Å². The molecule has 184 valence electrons. The van der Waals surface area contributed by atoms with Gasteiger partial charge in [0.1, 0.15) is 11.6 Å². The molecule has 6 nitrogen and oxygen atoms in total. The highest BCUT2D eigenvalue weighted by Gasteiger charge is 2.41. The topological polar surface area (TPSA) is 75.4 Å². The first-order valence-electron chi connectivity index (χ1n) is 11.1. The smallest absolute Gasteiger partial charge is 0.435 e. The molecule has 4 rings (SSSR count). The van der Waals surface area contributed by atoms with Crippen LogP contribution in [0.4, 0.5) is 22.0 Å². The Morgan fingerprint density at radius 1 is 1.12 bits per heavy atom. The second kappa shape index (κ2) is 9.34. The first kappa shape index (κ1) is 24.2. The Morgan fingerprint density at radius 3 is 2.44 bits per heavy atom. The Balaban J connectivity index is 1.52. The van der Waals surface area contributed by atoms with Crippen LogP contribution >= 0.6 is 0 Å². The van der Waals surface area contributed by atoms with Gasteiger partial charge in [-0.05, 0) is 44.1 Å². The minimum absolute atomic E-state index is 0.0129. The fourth-order valence-electron chi connectivity index (χ4n) is 4.85. The normalized spacial score (nSPS) is 20.8. The van der Waals surface area contributed by atoms with Crippen LogP contribution in [0.15, 0.2) is 18.2 Å². The van der Waals surface area contributed by atoms with Crippen molar-refractivity contribution < 1.29 is 36.6 Å². The summed E-state index contributed by atoms with van der Waals surface area (Å²) in [5.41, 5.74) is -0.894. The number of aromatic nitrogens is 2. The van der Waals surface area contributed by atoms with Crippen LogP contribution in [0.5, 0.6) is 0 Å². The summed E-state index contributed by atoms with van der Waals surface area (Å²) in [6, 6.07) is 2.84. The maximum absolute atomic E-state index is 14.1. The van der Waals surface area contributed by atoms with Gasteiger partial charge < -0.3 is 10.0 Å². The fraction of sp³-hybridized carbons (Fsp3) is 0.522. The van der Waals surface area contributed by atoms with Crippen LogP contribution < -0.4 is 0 Å². The molecule has 1 amide bonds. The molecule has 1 N–H and O–H groups in total. The van der Waals surface area contributed by atoms with E-state index in [1.165, 1.54) is 4.90 Å². The van der Waals surface area contributed by atoms with E-state index < -0.39 is 35.4 Å². The van der Waals surface area contributed by atoms with Gasteiger partial charge in [-0.15, -0.1) is 0 Å². The number of nitrogens with zero attached hydrogens (tertiary/aromatic N) is 3. The third-order valence-electron chi connectivity index (χ3n) is 6.75. The summed E-state index contributed by atoms with van der Waals surface area (Å²) in [6.45, 7) is -0.313. The molecule has 1 aliphatic carbocycles. The highest BCUT2D eigenvalue weighted by atomic mass is 19.4. The summed E-state index contributed by atoms with van der Waals surface area (Å²) in [4.78, 5) is 25.5. The zero-order valence-electron chi connectivity index (χ0n) is 18.2. The molecule has 0 radical (unpaired) electrons. The monoisotopic (exact) mass is 485 g/mol. The van der Waals surface area contributed by atoms with Crippen molar-refractivity contribution in [2.24, 2.45) is 11.8 Å². The van der Waals surface area contributed by atoms with Crippen LogP contribution in [0, 0.1) is 23.5 Å². The second-order valence-electron chi connectivity index (χ2n) is 8.99. The van der Waals surface area contributed by atoms with Crippen molar-refractivity contribution in [2.45, 2.75) is 57.8 Å². The molecule has 34 heavy (non-hydrogen) atoms. The number of carboxylic acids is 1. The van der Waals surface area contributed by atoms with Crippen LogP contribution in [-0.2, 0) is 35.3 Å². The van der Waals surface area contributed by atoms with E-state index in [1.807, 2.05) is 0 Å². The van der Waals surface area contributed by atoms with E-state index in [2.05, 4.69) is 5.10 Å². The molecule has 11 heteroatoms. The lowest BCUT2D eigenvalue weighted by atomic mass is 9.80. The van der Waals surface area contributed by atoms with Crippen molar-refractivity contribution >= 4 is 11.9 Å². The van der Waals surface area contributed by atoms with E-state index in [9.17, 15) is 31.5 Å². The van der Waals surface area contributed by atoms with Gasteiger partial charge in [-0.2, -0.15) is 18.3 Å². The van der Waals surface area contributed by atoms with E-state index >= 15 is 0 Å². The lowest BCUT2D eigenvalue weighted by Crippen LogP contribution is -2.38. The molecule has 2 aromatic rings. The van der Waals surface area contributed by atoms with Crippen molar-refractivity contribution in [3.05, 3.63) is 52.3 Å². The quantitative estimate of drug-likeness (QED) is 0.638. The van der Waals surface area contributed by atoms with Crippen molar-refractivity contribution in [2.75, 3.05) is 6.54 Å². The van der Waals surface area contributed by atoms with Crippen LogP contribution in [0.2, 0.25) is 0 Å². The van der Waals surface area contributed by atoms with Crippen LogP contribution in [-0.4, -0.2) is 38.2 Å². The number of rotatable bonds is 5. The van der Waals surface area contributed by atoms with E-state index in [4.69, 9.17) is 5.11 Å². The maximum atomic E-state index is 14.1. The summed E-state index contributed by atoms with van der Waals surface area (Å²) in [5, 5.41) is 12.8. The number of alkyl halides is 3. The third-order valence-corrected chi connectivity index (χ3v) is 6.75. The fourth-order valence-corrected chi connectivity index (χ4v) is 4.85. The average Bonchev–Trinajstić information content (AvgIpc) is 3.14. The SMILES string of the molecule is O=C(C[C@H]1CC[C@@H](C(=O)O)CC1)N1CCc2c(C(F)(F)F)nn(Cc3ccc(F)cc3F)c2C1. The molecular formula is C23H24F5N3O3.